The maximum atomic E-state index is 5.55. The van der Waals surface area contributed by atoms with Crippen molar-refractivity contribution >= 4 is 16.5 Å². The van der Waals surface area contributed by atoms with E-state index >= 15 is 0 Å². The zero-order valence-electron chi connectivity index (χ0n) is 8.93. The van der Waals surface area contributed by atoms with Gasteiger partial charge in [0.05, 0.1) is 11.4 Å². The van der Waals surface area contributed by atoms with Gasteiger partial charge >= 0.3 is 0 Å². The second-order valence-corrected chi connectivity index (χ2v) is 4.69. The molecule has 80 valence electrons. The van der Waals surface area contributed by atoms with Gasteiger partial charge in [0.15, 0.2) is 5.01 Å². The average Bonchev–Trinajstić information content (AvgIpc) is 2.71. The molecule has 2 rings (SSSR count). The molecule has 0 aliphatic carbocycles. The largest absolute Gasteiger partial charge is 0.374 e. The Bertz CT molecular complexity index is 471. The summed E-state index contributed by atoms with van der Waals surface area (Å²) in [6.07, 6.45) is 0. The van der Waals surface area contributed by atoms with Crippen molar-refractivity contribution in [3.63, 3.8) is 0 Å². The molecule has 0 atom stereocenters. The summed E-state index contributed by atoms with van der Waals surface area (Å²) in [5.41, 5.74) is 7.57. The number of hydrogen-bond acceptors (Lipinski definition) is 5. The lowest BCUT2D eigenvalue weighted by molar-refractivity contribution is 0.716. The molecule has 2 aromatic rings. The Kier molecular flexibility index (Phi) is 2.44. The lowest BCUT2D eigenvalue weighted by Gasteiger charge is -1.95. The second kappa shape index (κ2) is 3.62. The highest BCUT2D eigenvalue weighted by Crippen LogP contribution is 2.26. The number of rotatable bonds is 2. The third kappa shape index (κ3) is 1.85. The predicted molar refractivity (Wildman–Crippen MR) is 60.6 cm³/mol. The van der Waals surface area contributed by atoms with Gasteiger partial charge in [0, 0.05) is 7.05 Å². The summed E-state index contributed by atoms with van der Waals surface area (Å²) in [5, 5.41) is 13.5. The van der Waals surface area contributed by atoms with E-state index in [1.165, 1.54) is 11.3 Å². The number of aromatic nitrogens is 4. The molecule has 0 saturated heterocycles. The van der Waals surface area contributed by atoms with Crippen molar-refractivity contribution in [3.05, 3.63) is 11.8 Å². The smallest absolute Gasteiger partial charge is 0.203 e. The number of nitrogens with zero attached hydrogens (tertiary/aromatic N) is 4. The molecule has 0 aromatic carbocycles. The van der Waals surface area contributed by atoms with Gasteiger partial charge in [-0.25, -0.2) is 0 Å². The fraction of sp³-hybridized carbons (Fsp3) is 0.444. The van der Waals surface area contributed by atoms with E-state index in [1.54, 1.807) is 0 Å². The molecule has 2 heterocycles. The van der Waals surface area contributed by atoms with Crippen LogP contribution in [0.15, 0.2) is 6.07 Å². The highest BCUT2D eigenvalue weighted by atomic mass is 32.1. The van der Waals surface area contributed by atoms with Crippen molar-refractivity contribution in [1.29, 1.82) is 0 Å². The van der Waals surface area contributed by atoms with Crippen LogP contribution in [0.25, 0.3) is 10.7 Å². The normalized spacial score (nSPS) is 11.2. The van der Waals surface area contributed by atoms with Crippen LogP contribution >= 0.6 is 11.3 Å². The second-order valence-electron chi connectivity index (χ2n) is 3.68. The summed E-state index contributed by atoms with van der Waals surface area (Å²) in [7, 11) is 1.90. The van der Waals surface area contributed by atoms with Crippen molar-refractivity contribution in [2.24, 2.45) is 7.05 Å². The van der Waals surface area contributed by atoms with Crippen molar-refractivity contribution in [1.82, 2.24) is 20.0 Å². The van der Waals surface area contributed by atoms with Gasteiger partial charge in [0.1, 0.15) is 0 Å². The summed E-state index contributed by atoms with van der Waals surface area (Å²) in [4.78, 5) is 0. The first-order chi connectivity index (χ1) is 7.08. The number of nitrogen functional groups attached to an aromatic ring is 1. The summed E-state index contributed by atoms with van der Waals surface area (Å²) in [6, 6.07) is 2.03. The quantitative estimate of drug-likeness (QED) is 0.840. The van der Waals surface area contributed by atoms with Crippen LogP contribution in [0.2, 0.25) is 0 Å². The van der Waals surface area contributed by atoms with Crippen molar-refractivity contribution in [3.8, 4) is 10.7 Å². The molecule has 0 amide bonds. The fourth-order valence-corrected chi connectivity index (χ4v) is 1.97. The summed E-state index contributed by atoms with van der Waals surface area (Å²) in [5.74, 6) is 0.412. The lowest BCUT2D eigenvalue weighted by Crippen LogP contribution is -1.95. The highest BCUT2D eigenvalue weighted by Gasteiger charge is 2.13. The van der Waals surface area contributed by atoms with E-state index in [4.69, 9.17) is 5.73 Å². The van der Waals surface area contributed by atoms with Crippen LogP contribution in [0.1, 0.15) is 25.5 Å². The molecule has 0 bridgehead atoms. The molecule has 2 N–H and O–H groups in total. The summed E-state index contributed by atoms with van der Waals surface area (Å²) in [6.45, 7) is 4.22. The molecular weight excluding hydrogens is 210 g/mol. The van der Waals surface area contributed by atoms with E-state index in [1.807, 2.05) is 17.8 Å². The Hall–Kier alpha value is -1.43. The Morgan fingerprint density at radius 3 is 2.60 bits per heavy atom. The van der Waals surface area contributed by atoms with Gasteiger partial charge in [-0.3, -0.25) is 4.68 Å². The first kappa shape index (κ1) is 10.1. The first-order valence-corrected chi connectivity index (χ1v) is 5.53. The minimum absolute atomic E-state index is 0.412. The number of hydrogen-bond donors (Lipinski definition) is 1. The number of anilines is 1. The van der Waals surface area contributed by atoms with Gasteiger partial charge in [0.25, 0.3) is 0 Å². The average molecular weight is 223 g/mol. The molecule has 0 radical (unpaired) electrons. The van der Waals surface area contributed by atoms with Gasteiger partial charge < -0.3 is 5.73 Å². The standard InChI is InChI=1S/C9H13N5S/c1-5(2)6-4-7(14(3)13-6)8-11-12-9(10)15-8/h4-5H,1-3H3,(H2,10,12). The molecule has 0 unspecified atom stereocenters. The molecular formula is C9H13N5S. The van der Waals surface area contributed by atoms with Gasteiger partial charge in [-0.15, -0.1) is 10.2 Å². The van der Waals surface area contributed by atoms with Crippen molar-refractivity contribution in [2.45, 2.75) is 19.8 Å². The third-order valence-corrected chi connectivity index (χ3v) is 2.92. The number of aryl methyl sites for hydroxylation is 1. The van der Waals surface area contributed by atoms with Gasteiger partial charge in [-0.1, -0.05) is 25.2 Å². The van der Waals surface area contributed by atoms with Crippen molar-refractivity contribution < 1.29 is 0 Å². The monoisotopic (exact) mass is 223 g/mol. The van der Waals surface area contributed by atoms with E-state index in [9.17, 15) is 0 Å². The minimum atomic E-state index is 0.412. The van der Waals surface area contributed by atoms with E-state index in [-0.39, 0.29) is 0 Å². The Morgan fingerprint density at radius 2 is 2.13 bits per heavy atom. The maximum absolute atomic E-state index is 5.55. The van der Waals surface area contributed by atoms with E-state index in [0.717, 1.165) is 16.4 Å². The molecule has 0 spiro atoms. The summed E-state index contributed by atoms with van der Waals surface area (Å²) < 4.78 is 1.81. The predicted octanol–water partition coefficient (Wildman–Crippen LogP) is 1.64. The molecule has 0 aliphatic heterocycles. The molecule has 6 heteroatoms. The van der Waals surface area contributed by atoms with Crippen LogP contribution in [0.3, 0.4) is 0 Å². The van der Waals surface area contributed by atoms with Crippen LogP contribution in [-0.4, -0.2) is 20.0 Å². The van der Waals surface area contributed by atoms with E-state index < -0.39 is 0 Å². The minimum Gasteiger partial charge on any atom is -0.374 e. The maximum Gasteiger partial charge on any atom is 0.203 e. The Morgan fingerprint density at radius 1 is 1.40 bits per heavy atom. The molecule has 0 saturated carbocycles. The zero-order valence-corrected chi connectivity index (χ0v) is 9.75. The van der Waals surface area contributed by atoms with Crippen molar-refractivity contribution in [2.75, 3.05) is 5.73 Å². The van der Waals surface area contributed by atoms with Gasteiger partial charge in [-0.2, -0.15) is 5.10 Å². The SMILES string of the molecule is CC(C)c1cc(-c2nnc(N)s2)n(C)n1. The molecule has 2 aromatic heterocycles. The Labute approximate surface area is 91.9 Å². The fourth-order valence-electron chi connectivity index (χ4n) is 1.31. The van der Waals surface area contributed by atoms with Crippen LogP contribution in [0.5, 0.6) is 0 Å². The van der Waals surface area contributed by atoms with Crippen LogP contribution in [-0.2, 0) is 7.05 Å². The van der Waals surface area contributed by atoms with Crippen LogP contribution < -0.4 is 5.73 Å². The third-order valence-electron chi connectivity index (χ3n) is 2.15. The van der Waals surface area contributed by atoms with E-state index in [2.05, 4.69) is 29.1 Å². The van der Waals surface area contributed by atoms with Gasteiger partial charge in [0.2, 0.25) is 5.13 Å². The molecule has 5 nitrogen and oxygen atoms in total. The van der Waals surface area contributed by atoms with Crippen LogP contribution in [0, 0.1) is 0 Å². The molecule has 15 heavy (non-hydrogen) atoms. The zero-order chi connectivity index (χ0) is 11.0. The lowest BCUT2D eigenvalue weighted by atomic mass is 10.1. The topological polar surface area (TPSA) is 69.6 Å². The Balaban J connectivity index is 2.44. The molecule has 0 aliphatic rings. The van der Waals surface area contributed by atoms with Crippen LogP contribution in [0.4, 0.5) is 5.13 Å². The summed E-state index contributed by atoms with van der Waals surface area (Å²) >= 11 is 1.37. The number of nitrogens with two attached hydrogens (primary N) is 1. The highest BCUT2D eigenvalue weighted by molar-refractivity contribution is 7.18. The van der Waals surface area contributed by atoms with Gasteiger partial charge in [-0.05, 0) is 12.0 Å². The first-order valence-electron chi connectivity index (χ1n) is 4.71. The van der Waals surface area contributed by atoms with E-state index in [0.29, 0.717) is 11.0 Å². The molecule has 0 fully saturated rings.